The number of benzene rings is 3. The molecule has 1 N–H and O–H groups in total. The van der Waals surface area contributed by atoms with Crippen molar-refractivity contribution in [3.05, 3.63) is 96.1 Å². The third-order valence-electron chi connectivity index (χ3n) is 7.67. The minimum Gasteiger partial charge on any atom is -0.495 e. The van der Waals surface area contributed by atoms with Crippen LogP contribution in [0.4, 0.5) is 5.69 Å². The summed E-state index contributed by atoms with van der Waals surface area (Å²) in [5.74, 6) is 0.0862. The number of carbonyl (C=O) groups excluding carboxylic acids is 2. The molecule has 0 saturated heterocycles. The predicted molar refractivity (Wildman–Crippen MR) is 166 cm³/mol. The topological polar surface area (TPSA) is 96.0 Å². The number of para-hydroxylation sites is 2. The first-order valence-corrected chi connectivity index (χ1v) is 16.4. The molecule has 0 aliphatic heterocycles. The van der Waals surface area contributed by atoms with Crippen LogP contribution in [0.3, 0.4) is 0 Å². The van der Waals surface area contributed by atoms with Crippen LogP contribution in [-0.4, -0.2) is 57.1 Å². The van der Waals surface area contributed by atoms with E-state index in [0.29, 0.717) is 17.9 Å². The van der Waals surface area contributed by atoms with E-state index < -0.39 is 16.1 Å². The van der Waals surface area contributed by atoms with Gasteiger partial charge >= 0.3 is 0 Å². The fourth-order valence-corrected chi connectivity index (χ4v) is 6.49. The minimum absolute atomic E-state index is 0.0794. The van der Waals surface area contributed by atoms with Crippen LogP contribution < -0.4 is 14.4 Å². The number of rotatable bonds is 14. The Morgan fingerprint density at radius 2 is 1.50 bits per heavy atom. The second kappa shape index (κ2) is 14.9. The van der Waals surface area contributed by atoms with E-state index in [1.807, 2.05) is 60.7 Å². The zero-order valence-corrected chi connectivity index (χ0v) is 25.3. The van der Waals surface area contributed by atoms with Crippen LogP contribution in [0.2, 0.25) is 0 Å². The summed E-state index contributed by atoms with van der Waals surface area (Å²) in [5, 5.41) is 3.21. The summed E-state index contributed by atoms with van der Waals surface area (Å²) in [5.41, 5.74) is 2.31. The molecule has 0 heterocycles. The van der Waals surface area contributed by atoms with Crippen molar-refractivity contribution < 1.29 is 22.7 Å². The summed E-state index contributed by atoms with van der Waals surface area (Å²) in [6.07, 6.45) is 5.95. The van der Waals surface area contributed by atoms with E-state index >= 15 is 0 Å². The Kier molecular flexibility index (Phi) is 11.0. The van der Waals surface area contributed by atoms with Crippen LogP contribution in [0.15, 0.2) is 84.9 Å². The first-order valence-electron chi connectivity index (χ1n) is 14.5. The summed E-state index contributed by atoms with van der Waals surface area (Å²) >= 11 is 0. The molecule has 1 unspecified atom stereocenters. The van der Waals surface area contributed by atoms with E-state index in [2.05, 4.69) is 5.32 Å². The first kappa shape index (κ1) is 31.1. The van der Waals surface area contributed by atoms with E-state index in [-0.39, 0.29) is 43.8 Å². The highest BCUT2D eigenvalue weighted by Crippen LogP contribution is 2.30. The number of hydrogen-bond donors (Lipinski definition) is 1. The van der Waals surface area contributed by atoms with Gasteiger partial charge in [0.15, 0.2) is 0 Å². The lowest BCUT2D eigenvalue weighted by Gasteiger charge is -2.33. The number of methoxy groups -OCH3 is 1. The van der Waals surface area contributed by atoms with Gasteiger partial charge in [-0.05, 0) is 42.5 Å². The SMILES string of the molecule is COc1ccccc1N(CCCC(=O)N(Cc1ccccc1)C(Cc1ccccc1)C(=O)NC1CCCC1)S(C)(=O)=O. The lowest BCUT2D eigenvalue weighted by atomic mass is 10.0. The monoisotopic (exact) mass is 591 g/mol. The molecule has 8 nitrogen and oxygen atoms in total. The van der Waals surface area contributed by atoms with E-state index in [4.69, 9.17) is 4.74 Å². The van der Waals surface area contributed by atoms with Gasteiger partial charge in [0.1, 0.15) is 11.8 Å². The molecule has 3 aromatic carbocycles. The van der Waals surface area contributed by atoms with Gasteiger partial charge in [-0.2, -0.15) is 0 Å². The van der Waals surface area contributed by atoms with Crippen molar-refractivity contribution >= 4 is 27.5 Å². The number of anilines is 1. The van der Waals surface area contributed by atoms with Crippen LogP contribution in [-0.2, 0) is 32.6 Å². The van der Waals surface area contributed by atoms with Gasteiger partial charge in [-0.1, -0.05) is 85.6 Å². The Morgan fingerprint density at radius 1 is 0.905 bits per heavy atom. The minimum atomic E-state index is -3.64. The largest absolute Gasteiger partial charge is 0.495 e. The van der Waals surface area contributed by atoms with Crippen LogP contribution in [0, 0.1) is 0 Å². The van der Waals surface area contributed by atoms with Gasteiger partial charge in [-0.15, -0.1) is 0 Å². The van der Waals surface area contributed by atoms with Gasteiger partial charge in [0, 0.05) is 32.0 Å². The molecule has 4 rings (SSSR count). The Balaban J connectivity index is 1.58. The Labute approximate surface area is 249 Å². The number of nitrogens with one attached hydrogen (secondary N) is 1. The smallest absolute Gasteiger partial charge is 0.243 e. The van der Waals surface area contributed by atoms with Gasteiger partial charge in [-0.3, -0.25) is 13.9 Å². The third-order valence-corrected chi connectivity index (χ3v) is 8.85. The Bertz CT molecular complexity index is 1410. The fourth-order valence-electron chi connectivity index (χ4n) is 5.52. The molecule has 0 bridgehead atoms. The molecule has 0 radical (unpaired) electrons. The van der Waals surface area contributed by atoms with Crippen LogP contribution in [0.25, 0.3) is 0 Å². The second-order valence-electron chi connectivity index (χ2n) is 10.8. The van der Waals surface area contributed by atoms with Gasteiger partial charge in [0.05, 0.1) is 19.1 Å². The molecule has 1 aliphatic rings. The van der Waals surface area contributed by atoms with E-state index in [9.17, 15) is 18.0 Å². The highest BCUT2D eigenvalue weighted by atomic mass is 32.2. The van der Waals surface area contributed by atoms with Crippen molar-refractivity contribution in [2.45, 2.75) is 63.6 Å². The normalized spacial score (nSPS) is 14.2. The third kappa shape index (κ3) is 8.58. The standard InChI is InChI=1S/C33H41N3O5S/c1-41-31-21-12-11-20-29(31)36(42(2,39)40)23-13-22-32(37)35(25-27-16-7-4-8-17-27)30(24-26-14-5-3-6-15-26)33(38)34-28-18-9-10-19-28/h3-8,11-12,14-17,20-21,28,30H,9-10,13,18-19,22-25H2,1-2H3,(H,34,38). The average Bonchev–Trinajstić information content (AvgIpc) is 3.50. The lowest BCUT2D eigenvalue weighted by Crippen LogP contribution is -2.52. The summed E-state index contributed by atoms with van der Waals surface area (Å²) in [6.45, 7) is 0.374. The highest BCUT2D eigenvalue weighted by Gasteiger charge is 2.32. The van der Waals surface area contributed by atoms with Crippen molar-refractivity contribution in [2.75, 3.05) is 24.2 Å². The average molecular weight is 592 g/mol. The molecule has 9 heteroatoms. The number of sulfonamides is 1. The Hall–Kier alpha value is -3.85. The van der Waals surface area contributed by atoms with Crippen molar-refractivity contribution in [1.29, 1.82) is 0 Å². The predicted octanol–water partition coefficient (Wildman–Crippen LogP) is 4.94. The Morgan fingerprint density at radius 3 is 2.12 bits per heavy atom. The van der Waals surface area contributed by atoms with E-state index in [0.717, 1.165) is 43.1 Å². The zero-order chi connectivity index (χ0) is 30.0. The number of amides is 2. The molecular weight excluding hydrogens is 550 g/mol. The highest BCUT2D eigenvalue weighted by molar-refractivity contribution is 7.92. The molecule has 1 atom stereocenters. The second-order valence-corrected chi connectivity index (χ2v) is 12.7. The molecule has 1 fully saturated rings. The molecule has 0 spiro atoms. The molecule has 224 valence electrons. The lowest BCUT2D eigenvalue weighted by molar-refractivity contribution is -0.141. The maximum absolute atomic E-state index is 14.0. The van der Waals surface area contributed by atoms with Crippen molar-refractivity contribution in [3.8, 4) is 5.75 Å². The van der Waals surface area contributed by atoms with Crippen molar-refractivity contribution in [2.24, 2.45) is 0 Å². The molecule has 1 aliphatic carbocycles. The zero-order valence-electron chi connectivity index (χ0n) is 24.4. The molecule has 3 aromatic rings. The molecular formula is C33H41N3O5S. The molecule has 0 aromatic heterocycles. The maximum atomic E-state index is 14.0. The number of carbonyl (C=O) groups is 2. The van der Waals surface area contributed by atoms with Gasteiger partial charge in [0.25, 0.3) is 0 Å². The quantitative estimate of drug-likeness (QED) is 0.287. The van der Waals surface area contributed by atoms with E-state index in [1.165, 1.54) is 11.4 Å². The number of ether oxygens (including phenoxy) is 1. The molecule has 1 saturated carbocycles. The van der Waals surface area contributed by atoms with Crippen molar-refractivity contribution in [1.82, 2.24) is 10.2 Å². The molecule has 42 heavy (non-hydrogen) atoms. The van der Waals surface area contributed by atoms with Crippen molar-refractivity contribution in [3.63, 3.8) is 0 Å². The fraction of sp³-hybridized carbons (Fsp3) is 0.394. The van der Waals surface area contributed by atoms with E-state index in [1.54, 1.807) is 29.2 Å². The van der Waals surface area contributed by atoms with Gasteiger partial charge in [0.2, 0.25) is 21.8 Å². The molecule has 2 amide bonds. The number of nitrogens with zero attached hydrogens (tertiary/aromatic N) is 2. The van der Waals surface area contributed by atoms with Crippen LogP contribution >= 0.6 is 0 Å². The van der Waals surface area contributed by atoms with Gasteiger partial charge < -0.3 is 15.0 Å². The summed E-state index contributed by atoms with van der Waals surface area (Å²) in [4.78, 5) is 29.4. The first-order chi connectivity index (χ1) is 20.3. The van der Waals surface area contributed by atoms with Crippen LogP contribution in [0.5, 0.6) is 5.75 Å². The summed E-state index contributed by atoms with van der Waals surface area (Å²) < 4.78 is 32.1. The number of hydrogen-bond acceptors (Lipinski definition) is 5. The summed E-state index contributed by atoms with van der Waals surface area (Å²) in [7, 11) is -2.14. The van der Waals surface area contributed by atoms with Crippen LogP contribution in [0.1, 0.15) is 49.7 Å². The maximum Gasteiger partial charge on any atom is 0.243 e. The van der Waals surface area contributed by atoms with Gasteiger partial charge in [-0.25, -0.2) is 8.42 Å². The summed E-state index contributed by atoms with van der Waals surface area (Å²) in [6, 6.07) is 25.7.